The first-order valence-corrected chi connectivity index (χ1v) is 6.14. The van der Waals surface area contributed by atoms with Gasteiger partial charge in [0.2, 0.25) is 0 Å². The Labute approximate surface area is 107 Å². The standard InChI is InChI=1S/C13H20N2O3/c1-10(2)14(11(3)4)18-9-12-5-7-13(8-6-12)15(16)17/h5-8,10-11H,9H2,1-4H3/p+1. The molecular formula is C13H21N2O3+. The summed E-state index contributed by atoms with van der Waals surface area (Å²) in [7, 11) is 0. The van der Waals surface area contributed by atoms with Gasteiger partial charge in [-0.1, -0.05) is 0 Å². The van der Waals surface area contributed by atoms with E-state index < -0.39 is 4.92 Å². The van der Waals surface area contributed by atoms with Crippen molar-refractivity contribution in [3.8, 4) is 0 Å². The van der Waals surface area contributed by atoms with E-state index in [2.05, 4.69) is 27.7 Å². The molecule has 0 saturated heterocycles. The maximum atomic E-state index is 10.5. The van der Waals surface area contributed by atoms with Gasteiger partial charge in [-0.15, -0.1) is 0 Å². The molecule has 0 aromatic heterocycles. The minimum absolute atomic E-state index is 0.107. The van der Waals surface area contributed by atoms with Gasteiger partial charge in [-0.25, -0.2) is 0 Å². The van der Waals surface area contributed by atoms with Gasteiger partial charge in [0, 0.05) is 12.1 Å². The van der Waals surface area contributed by atoms with Crippen LogP contribution in [0.2, 0.25) is 0 Å². The van der Waals surface area contributed by atoms with Crippen molar-refractivity contribution in [2.24, 2.45) is 0 Å². The first-order chi connectivity index (χ1) is 8.41. The predicted octanol–water partition coefficient (Wildman–Crippen LogP) is 1.73. The normalized spacial score (nSPS) is 11.5. The van der Waals surface area contributed by atoms with Crippen molar-refractivity contribution < 1.29 is 14.8 Å². The van der Waals surface area contributed by atoms with Gasteiger partial charge in [-0.2, -0.15) is 9.90 Å². The van der Waals surface area contributed by atoms with Crippen LogP contribution in [0.3, 0.4) is 0 Å². The molecule has 0 aliphatic heterocycles. The third kappa shape index (κ3) is 4.09. The fourth-order valence-corrected chi connectivity index (χ4v) is 1.88. The number of benzene rings is 1. The molecule has 100 valence electrons. The van der Waals surface area contributed by atoms with Crippen molar-refractivity contribution in [3.63, 3.8) is 0 Å². The molecule has 0 heterocycles. The van der Waals surface area contributed by atoms with E-state index in [4.69, 9.17) is 4.84 Å². The first-order valence-electron chi connectivity index (χ1n) is 6.14. The van der Waals surface area contributed by atoms with Crippen LogP contribution < -0.4 is 5.06 Å². The minimum Gasteiger partial charge on any atom is -0.258 e. The second kappa shape index (κ2) is 6.47. The van der Waals surface area contributed by atoms with E-state index in [-0.39, 0.29) is 5.69 Å². The number of nitrogens with zero attached hydrogens (tertiary/aromatic N) is 1. The Kier molecular flexibility index (Phi) is 5.25. The van der Waals surface area contributed by atoms with Crippen LogP contribution in [0.15, 0.2) is 24.3 Å². The van der Waals surface area contributed by atoms with Crippen LogP contribution in [0, 0.1) is 10.1 Å². The summed E-state index contributed by atoms with van der Waals surface area (Å²) in [6.07, 6.45) is 0. The van der Waals surface area contributed by atoms with Crippen molar-refractivity contribution in [1.29, 1.82) is 0 Å². The molecule has 0 bridgehead atoms. The summed E-state index contributed by atoms with van der Waals surface area (Å²) in [6, 6.07) is 7.23. The van der Waals surface area contributed by atoms with Crippen molar-refractivity contribution in [1.82, 2.24) is 0 Å². The number of nitro groups is 1. The Balaban J connectivity index is 2.60. The average molecular weight is 253 g/mol. The van der Waals surface area contributed by atoms with Gasteiger partial charge in [0.1, 0.15) is 18.7 Å². The quantitative estimate of drug-likeness (QED) is 0.620. The Hall–Kier alpha value is -1.46. The molecule has 0 radical (unpaired) electrons. The van der Waals surface area contributed by atoms with E-state index in [1.165, 1.54) is 12.1 Å². The summed E-state index contributed by atoms with van der Waals surface area (Å²) in [5.74, 6) is 0. The summed E-state index contributed by atoms with van der Waals surface area (Å²) in [5.41, 5.74) is 1.05. The number of hydrogen-bond donors (Lipinski definition) is 1. The molecule has 0 aliphatic carbocycles. The van der Waals surface area contributed by atoms with Crippen LogP contribution in [0.25, 0.3) is 0 Å². The molecule has 1 N–H and O–H groups in total. The number of nitro benzene ring substituents is 1. The number of hydrogen-bond acceptors (Lipinski definition) is 3. The zero-order valence-corrected chi connectivity index (χ0v) is 11.3. The van der Waals surface area contributed by atoms with Gasteiger partial charge in [0.15, 0.2) is 0 Å². The van der Waals surface area contributed by atoms with E-state index >= 15 is 0 Å². The maximum Gasteiger partial charge on any atom is 0.269 e. The molecule has 1 aromatic carbocycles. The molecule has 1 rings (SSSR count). The fourth-order valence-electron chi connectivity index (χ4n) is 1.88. The number of quaternary nitrogens is 1. The van der Waals surface area contributed by atoms with Crippen LogP contribution in [-0.2, 0) is 11.4 Å². The van der Waals surface area contributed by atoms with Gasteiger partial charge in [-0.3, -0.25) is 10.1 Å². The van der Waals surface area contributed by atoms with E-state index in [1.807, 2.05) is 0 Å². The molecular weight excluding hydrogens is 232 g/mol. The van der Waals surface area contributed by atoms with Gasteiger partial charge >= 0.3 is 0 Å². The zero-order valence-electron chi connectivity index (χ0n) is 11.3. The summed E-state index contributed by atoms with van der Waals surface area (Å²) in [5, 5.41) is 11.6. The lowest BCUT2D eigenvalue weighted by molar-refractivity contribution is -1.13. The Morgan fingerprint density at radius 2 is 1.67 bits per heavy atom. The molecule has 0 atom stereocenters. The first kappa shape index (κ1) is 14.6. The Morgan fingerprint density at radius 1 is 1.17 bits per heavy atom. The van der Waals surface area contributed by atoms with Crippen LogP contribution in [0.5, 0.6) is 0 Å². The third-order valence-electron chi connectivity index (χ3n) is 2.69. The summed E-state index contributed by atoms with van der Waals surface area (Å²) < 4.78 is 0. The lowest BCUT2D eigenvalue weighted by Crippen LogP contribution is -3.16. The van der Waals surface area contributed by atoms with E-state index in [1.54, 1.807) is 12.1 Å². The van der Waals surface area contributed by atoms with Crippen LogP contribution >= 0.6 is 0 Å². The minimum atomic E-state index is -0.398. The van der Waals surface area contributed by atoms with Gasteiger partial charge in [-0.05, 0) is 45.4 Å². The van der Waals surface area contributed by atoms with Crippen molar-refractivity contribution >= 4 is 5.69 Å². The lowest BCUT2D eigenvalue weighted by atomic mass is 10.2. The van der Waals surface area contributed by atoms with Gasteiger partial charge in [0.05, 0.1) is 4.92 Å². The molecule has 0 aliphatic rings. The SMILES string of the molecule is CC(C)[NH+](OCc1ccc([N+](=O)[O-])cc1)C(C)C. The van der Waals surface area contributed by atoms with Crippen LogP contribution in [0.1, 0.15) is 33.3 Å². The molecule has 0 fully saturated rings. The summed E-state index contributed by atoms with van der Waals surface area (Å²) >= 11 is 0. The summed E-state index contributed by atoms with van der Waals surface area (Å²) in [4.78, 5) is 15.9. The topological polar surface area (TPSA) is 56.8 Å². The maximum absolute atomic E-state index is 10.5. The molecule has 0 amide bonds. The number of non-ortho nitro benzene ring substituents is 1. The van der Waals surface area contributed by atoms with Gasteiger partial charge < -0.3 is 0 Å². The highest BCUT2D eigenvalue weighted by atomic mass is 16.7. The van der Waals surface area contributed by atoms with Crippen molar-refractivity contribution in [2.45, 2.75) is 46.4 Å². The van der Waals surface area contributed by atoms with E-state index in [0.717, 1.165) is 10.6 Å². The highest BCUT2D eigenvalue weighted by molar-refractivity contribution is 5.32. The highest BCUT2D eigenvalue weighted by Crippen LogP contribution is 2.11. The second-order valence-electron chi connectivity index (χ2n) is 4.92. The second-order valence-corrected chi connectivity index (χ2v) is 4.92. The van der Waals surface area contributed by atoms with Gasteiger partial charge in [0.25, 0.3) is 5.69 Å². The molecule has 5 heteroatoms. The molecule has 5 nitrogen and oxygen atoms in total. The third-order valence-corrected chi connectivity index (χ3v) is 2.69. The predicted molar refractivity (Wildman–Crippen MR) is 69.1 cm³/mol. The molecule has 1 aromatic rings. The number of hydroxylamine groups is 2. The largest absolute Gasteiger partial charge is 0.269 e. The van der Waals surface area contributed by atoms with Crippen LogP contribution in [-0.4, -0.2) is 17.0 Å². The number of rotatable bonds is 6. The van der Waals surface area contributed by atoms with E-state index in [9.17, 15) is 10.1 Å². The summed E-state index contributed by atoms with van der Waals surface area (Å²) in [6.45, 7) is 8.87. The highest BCUT2D eigenvalue weighted by Gasteiger charge is 2.18. The molecule has 0 spiro atoms. The zero-order chi connectivity index (χ0) is 13.7. The molecule has 18 heavy (non-hydrogen) atoms. The fraction of sp³-hybridized carbons (Fsp3) is 0.538. The monoisotopic (exact) mass is 253 g/mol. The molecule has 0 saturated carbocycles. The molecule has 0 unspecified atom stereocenters. The van der Waals surface area contributed by atoms with Crippen molar-refractivity contribution in [3.05, 3.63) is 39.9 Å². The Bertz CT molecular complexity index is 380. The van der Waals surface area contributed by atoms with Crippen LogP contribution in [0.4, 0.5) is 5.69 Å². The Morgan fingerprint density at radius 3 is 2.06 bits per heavy atom. The smallest absolute Gasteiger partial charge is 0.258 e. The average Bonchev–Trinajstić information content (AvgIpc) is 2.28. The van der Waals surface area contributed by atoms with Crippen molar-refractivity contribution in [2.75, 3.05) is 0 Å². The lowest BCUT2D eigenvalue weighted by Gasteiger charge is -2.24. The van der Waals surface area contributed by atoms with E-state index in [0.29, 0.717) is 18.7 Å². The number of nitrogens with one attached hydrogen (secondary N) is 1.